The van der Waals surface area contributed by atoms with Gasteiger partial charge in [-0.25, -0.2) is 9.97 Å². The number of hydrogen-bond acceptors (Lipinski definition) is 5. The first-order valence-corrected chi connectivity index (χ1v) is 8.60. The van der Waals surface area contributed by atoms with Crippen molar-refractivity contribution in [3.63, 3.8) is 0 Å². The van der Waals surface area contributed by atoms with Gasteiger partial charge >= 0.3 is 0 Å². The highest BCUT2D eigenvalue weighted by molar-refractivity contribution is 7.20. The molecule has 0 unspecified atom stereocenters. The van der Waals surface area contributed by atoms with Crippen LogP contribution in [0.4, 0.5) is 5.69 Å². The smallest absolute Gasteiger partial charge is 0.266 e. The minimum atomic E-state index is -0.256. The molecule has 6 nitrogen and oxygen atoms in total. The fraction of sp³-hybridized carbons (Fsp3) is 0.222. The van der Waals surface area contributed by atoms with Crippen LogP contribution in [-0.4, -0.2) is 28.8 Å². The average molecular weight is 354 g/mol. The lowest BCUT2D eigenvalue weighted by Gasteiger charge is -2.09. The van der Waals surface area contributed by atoms with Crippen LogP contribution >= 0.6 is 11.3 Å². The summed E-state index contributed by atoms with van der Waals surface area (Å²) in [5.41, 5.74) is 2.61. The molecule has 0 aliphatic rings. The summed E-state index contributed by atoms with van der Waals surface area (Å²) in [6, 6.07) is 6.91. The zero-order valence-electron chi connectivity index (χ0n) is 14.4. The van der Waals surface area contributed by atoms with E-state index in [2.05, 4.69) is 20.6 Å². The van der Waals surface area contributed by atoms with Gasteiger partial charge in [0.2, 0.25) is 0 Å². The molecule has 0 bridgehead atoms. The molecule has 0 aliphatic heterocycles. The Morgan fingerprint density at radius 2 is 1.76 bits per heavy atom. The van der Waals surface area contributed by atoms with Crippen molar-refractivity contribution in [1.82, 2.24) is 15.3 Å². The molecule has 2 amide bonds. The first-order valence-electron chi connectivity index (χ1n) is 7.79. The molecule has 2 heterocycles. The highest BCUT2D eigenvalue weighted by atomic mass is 32.1. The Morgan fingerprint density at radius 1 is 1.04 bits per heavy atom. The van der Waals surface area contributed by atoms with E-state index in [0.29, 0.717) is 22.0 Å². The van der Waals surface area contributed by atoms with Crippen LogP contribution < -0.4 is 10.6 Å². The molecule has 3 rings (SSSR count). The summed E-state index contributed by atoms with van der Waals surface area (Å²) in [6.07, 6.45) is 0. The molecule has 0 aliphatic carbocycles. The van der Waals surface area contributed by atoms with Crippen LogP contribution in [0.25, 0.3) is 10.2 Å². The predicted octanol–water partition coefficient (Wildman–Crippen LogP) is 3.23. The van der Waals surface area contributed by atoms with Gasteiger partial charge in [-0.2, -0.15) is 0 Å². The van der Waals surface area contributed by atoms with Gasteiger partial charge in [-0.1, -0.05) is 12.1 Å². The Balaban J connectivity index is 2.01. The largest absolute Gasteiger partial charge is 0.355 e. The minimum Gasteiger partial charge on any atom is -0.355 e. The van der Waals surface area contributed by atoms with E-state index in [1.54, 1.807) is 31.3 Å². The number of carbonyl (C=O) groups excluding carboxylic acids is 2. The van der Waals surface area contributed by atoms with E-state index < -0.39 is 0 Å². The van der Waals surface area contributed by atoms with Gasteiger partial charge in [0.1, 0.15) is 10.7 Å². The Morgan fingerprint density at radius 3 is 2.48 bits per heavy atom. The van der Waals surface area contributed by atoms with Gasteiger partial charge < -0.3 is 10.6 Å². The predicted molar refractivity (Wildman–Crippen MR) is 99.4 cm³/mol. The Kier molecular flexibility index (Phi) is 4.50. The quantitative estimate of drug-likeness (QED) is 0.756. The molecule has 0 atom stereocenters. The zero-order valence-corrected chi connectivity index (χ0v) is 15.2. The Labute approximate surface area is 149 Å². The number of hydrogen-bond donors (Lipinski definition) is 2. The number of nitrogens with one attached hydrogen (secondary N) is 2. The molecule has 0 radical (unpaired) electrons. The lowest BCUT2D eigenvalue weighted by Crippen LogP contribution is -2.21. The maximum atomic E-state index is 12.8. The first kappa shape index (κ1) is 17.0. The number of para-hydroxylation sites is 1. The second kappa shape index (κ2) is 6.60. The number of anilines is 1. The number of benzene rings is 1. The van der Waals surface area contributed by atoms with Crippen LogP contribution in [0.15, 0.2) is 24.3 Å². The van der Waals surface area contributed by atoms with Crippen LogP contribution in [0.1, 0.15) is 37.1 Å². The molecule has 0 spiro atoms. The molecule has 128 valence electrons. The van der Waals surface area contributed by atoms with Crippen LogP contribution in [0.5, 0.6) is 0 Å². The second-order valence-corrected chi connectivity index (χ2v) is 6.67. The van der Waals surface area contributed by atoms with Gasteiger partial charge in [0.05, 0.1) is 16.1 Å². The average Bonchev–Trinajstić information content (AvgIpc) is 2.91. The maximum absolute atomic E-state index is 12.8. The monoisotopic (exact) mass is 354 g/mol. The first-order chi connectivity index (χ1) is 11.9. The molecule has 3 aromatic rings. The third-order valence-corrected chi connectivity index (χ3v) is 5.12. The molecular formula is C18H18N4O2S. The molecule has 2 aromatic heterocycles. The minimum absolute atomic E-state index is 0.249. The lowest BCUT2D eigenvalue weighted by molar-refractivity contribution is 0.0964. The number of thiophene rings is 1. The summed E-state index contributed by atoms with van der Waals surface area (Å²) in [5, 5.41) is 6.33. The van der Waals surface area contributed by atoms with Crippen molar-refractivity contribution in [1.29, 1.82) is 0 Å². The standard InChI is InChI=1S/C18H18N4O2S/c1-9-14-10(2)20-11(3)21-18(14)25-15(9)17(24)22-13-8-6-5-7-12(13)16(23)19-4/h5-8H,1-4H3,(H,19,23)(H,22,24). The molecule has 2 N–H and O–H groups in total. The van der Waals surface area contributed by atoms with Crippen LogP contribution in [-0.2, 0) is 0 Å². The van der Waals surface area contributed by atoms with Gasteiger partial charge in [0, 0.05) is 18.1 Å². The van der Waals surface area contributed by atoms with Crippen molar-refractivity contribution in [2.24, 2.45) is 0 Å². The third kappa shape index (κ3) is 3.10. The molecule has 7 heteroatoms. The number of aromatic nitrogens is 2. The highest BCUT2D eigenvalue weighted by Crippen LogP contribution is 2.32. The van der Waals surface area contributed by atoms with E-state index in [1.807, 2.05) is 20.8 Å². The van der Waals surface area contributed by atoms with Gasteiger partial charge in [-0.3, -0.25) is 9.59 Å². The lowest BCUT2D eigenvalue weighted by atomic mass is 10.1. The fourth-order valence-corrected chi connectivity index (χ4v) is 3.97. The summed E-state index contributed by atoms with van der Waals surface area (Å²) < 4.78 is 0. The molecule has 0 saturated heterocycles. The van der Waals surface area contributed by atoms with Crippen molar-refractivity contribution >= 4 is 39.1 Å². The van der Waals surface area contributed by atoms with Gasteiger partial charge in [-0.05, 0) is 38.5 Å². The molecule has 1 aromatic carbocycles. The number of nitrogens with zero attached hydrogens (tertiary/aromatic N) is 2. The van der Waals surface area contributed by atoms with E-state index in [9.17, 15) is 9.59 Å². The van der Waals surface area contributed by atoms with E-state index in [-0.39, 0.29) is 11.8 Å². The van der Waals surface area contributed by atoms with Gasteiger partial charge in [0.15, 0.2) is 0 Å². The van der Waals surface area contributed by atoms with E-state index >= 15 is 0 Å². The number of carbonyl (C=O) groups is 2. The Hall–Kier alpha value is -2.80. The number of aryl methyl sites for hydroxylation is 3. The highest BCUT2D eigenvalue weighted by Gasteiger charge is 2.20. The number of rotatable bonds is 3. The van der Waals surface area contributed by atoms with Crippen molar-refractivity contribution in [3.05, 3.63) is 51.8 Å². The molecular weight excluding hydrogens is 336 g/mol. The third-order valence-electron chi connectivity index (χ3n) is 3.94. The summed E-state index contributed by atoms with van der Waals surface area (Å²) >= 11 is 1.34. The summed E-state index contributed by atoms with van der Waals surface area (Å²) in [6.45, 7) is 5.64. The molecule has 0 fully saturated rings. The van der Waals surface area contributed by atoms with Crippen molar-refractivity contribution < 1.29 is 9.59 Å². The van der Waals surface area contributed by atoms with Crippen molar-refractivity contribution in [3.8, 4) is 0 Å². The van der Waals surface area contributed by atoms with Crippen molar-refractivity contribution in [2.75, 3.05) is 12.4 Å². The van der Waals surface area contributed by atoms with Crippen LogP contribution in [0.2, 0.25) is 0 Å². The van der Waals surface area contributed by atoms with Gasteiger partial charge in [0.25, 0.3) is 11.8 Å². The zero-order chi connectivity index (χ0) is 18.1. The van der Waals surface area contributed by atoms with E-state index in [4.69, 9.17) is 0 Å². The number of amides is 2. The molecule has 0 saturated carbocycles. The number of fused-ring (bicyclic) bond motifs is 1. The van der Waals surface area contributed by atoms with Crippen molar-refractivity contribution in [2.45, 2.75) is 20.8 Å². The summed E-state index contributed by atoms with van der Waals surface area (Å²) in [4.78, 5) is 34.9. The molecule has 25 heavy (non-hydrogen) atoms. The van der Waals surface area contributed by atoms with Crippen LogP contribution in [0.3, 0.4) is 0 Å². The van der Waals surface area contributed by atoms with E-state index in [1.165, 1.54) is 11.3 Å². The maximum Gasteiger partial charge on any atom is 0.266 e. The fourth-order valence-electron chi connectivity index (χ4n) is 2.79. The summed E-state index contributed by atoms with van der Waals surface area (Å²) in [7, 11) is 1.56. The normalized spacial score (nSPS) is 10.7. The van der Waals surface area contributed by atoms with Gasteiger partial charge in [-0.15, -0.1) is 11.3 Å². The van der Waals surface area contributed by atoms with Crippen LogP contribution in [0, 0.1) is 20.8 Å². The topological polar surface area (TPSA) is 84.0 Å². The summed E-state index contributed by atoms with van der Waals surface area (Å²) in [5.74, 6) is 0.179. The SMILES string of the molecule is CNC(=O)c1ccccc1NC(=O)c1sc2nc(C)nc(C)c2c1C. The Bertz CT molecular complexity index is 994. The van der Waals surface area contributed by atoms with E-state index in [0.717, 1.165) is 21.5 Å². The second-order valence-electron chi connectivity index (χ2n) is 5.67.